The SMILES string of the molecule is CC(=O)c1ccc(C)cc1OCC(O)CC1CCCC1. The van der Waals surface area contributed by atoms with E-state index in [0.717, 1.165) is 12.0 Å². The smallest absolute Gasteiger partial charge is 0.163 e. The Morgan fingerprint density at radius 3 is 2.75 bits per heavy atom. The molecule has 110 valence electrons. The molecule has 1 atom stereocenters. The van der Waals surface area contributed by atoms with Crippen LogP contribution in [0.25, 0.3) is 0 Å². The highest BCUT2D eigenvalue weighted by Crippen LogP contribution is 2.29. The zero-order valence-electron chi connectivity index (χ0n) is 12.4. The maximum atomic E-state index is 11.6. The van der Waals surface area contributed by atoms with E-state index in [0.29, 0.717) is 17.2 Å². The van der Waals surface area contributed by atoms with E-state index in [2.05, 4.69) is 0 Å². The maximum Gasteiger partial charge on any atom is 0.163 e. The molecular weight excluding hydrogens is 252 g/mol. The average Bonchev–Trinajstić information content (AvgIpc) is 2.89. The van der Waals surface area contributed by atoms with Gasteiger partial charge >= 0.3 is 0 Å². The summed E-state index contributed by atoms with van der Waals surface area (Å²) < 4.78 is 5.68. The van der Waals surface area contributed by atoms with E-state index >= 15 is 0 Å². The fourth-order valence-corrected chi connectivity index (χ4v) is 2.92. The summed E-state index contributed by atoms with van der Waals surface area (Å²) in [6.07, 6.45) is 5.37. The molecule has 1 aromatic carbocycles. The highest BCUT2D eigenvalue weighted by Gasteiger charge is 2.19. The number of ether oxygens (including phenoxy) is 1. The van der Waals surface area contributed by atoms with Crippen molar-refractivity contribution in [2.45, 2.75) is 52.1 Å². The summed E-state index contributed by atoms with van der Waals surface area (Å²) in [4.78, 5) is 11.6. The normalized spacial score (nSPS) is 17.1. The molecule has 1 fully saturated rings. The van der Waals surface area contributed by atoms with Gasteiger partial charge in [-0.3, -0.25) is 4.79 Å². The van der Waals surface area contributed by atoms with Crippen molar-refractivity contribution in [2.24, 2.45) is 5.92 Å². The van der Waals surface area contributed by atoms with Crippen molar-refractivity contribution in [1.29, 1.82) is 0 Å². The Bertz CT molecular complexity index is 461. The number of ketones is 1. The van der Waals surface area contributed by atoms with Crippen LogP contribution in [0.15, 0.2) is 18.2 Å². The number of carbonyl (C=O) groups is 1. The molecule has 0 spiro atoms. The summed E-state index contributed by atoms with van der Waals surface area (Å²) in [7, 11) is 0. The molecule has 0 saturated heterocycles. The Kier molecular flexibility index (Phi) is 5.18. The lowest BCUT2D eigenvalue weighted by Crippen LogP contribution is -2.21. The van der Waals surface area contributed by atoms with Crippen LogP contribution in [0.1, 0.15) is 54.9 Å². The second kappa shape index (κ2) is 6.89. The summed E-state index contributed by atoms with van der Waals surface area (Å²) in [6, 6.07) is 5.55. The van der Waals surface area contributed by atoms with E-state index in [9.17, 15) is 9.90 Å². The van der Waals surface area contributed by atoms with E-state index < -0.39 is 6.10 Å². The van der Waals surface area contributed by atoms with Gasteiger partial charge in [-0.25, -0.2) is 0 Å². The highest BCUT2D eigenvalue weighted by molar-refractivity contribution is 5.96. The number of Topliss-reactive ketones (excluding diaryl/α,β-unsaturated/α-hetero) is 1. The second-order valence-electron chi connectivity index (χ2n) is 5.91. The molecule has 0 heterocycles. The van der Waals surface area contributed by atoms with Gasteiger partial charge in [0.1, 0.15) is 12.4 Å². The van der Waals surface area contributed by atoms with Crippen molar-refractivity contribution in [3.05, 3.63) is 29.3 Å². The van der Waals surface area contributed by atoms with Gasteiger partial charge in [0.2, 0.25) is 0 Å². The van der Waals surface area contributed by atoms with Gasteiger partial charge in [0.15, 0.2) is 5.78 Å². The van der Waals surface area contributed by atoms with Crippen molar-refractivity contribution in [3.63, 3.8) is 0 Å². The minimum Gasteiger partial charge on any atom is -0.490 e. The molecule has 0 amide bonds. The van der Waals surface area contributed by atoms with Crippen molar-refractivity contribution >= 4 is 5.78 Å². The third kappa shape index (κ3) is 4.07. The molecule has 0 radical (unpaired) electrons. The Morgan fingerprint density at radius 2 is 2.10 bits per heavy atom. The Hall–Kier alpha value is -1.35. The number of aliphatic hydroxyl groups is 1. The summed E-state index contributed by atoms with van der Waals surface area (Å²) in [5, 5.41) is 10.1. The maximum absolute atomic E-state index is 11.6. The Morgan fingerprint density at radius 1 is 1.40 bits per heavy atom. The quantitative estimate of drug-likeness (QED) is 0.809. The van der Waals surface area contributed by atoms with Gasteiger partial charge in [-0.15, -0.1) is 0 Å². The van der Waals surface area contributed by atoms with Crippen LogP contribution >= 0.6 is 0 Å². The molecule has 1 aromatic rings. The van der Waals surface area contributed by atoms with Crippen LogP contribution in [0, 0.1) is 12.8 Å². The van der Waals surface area contributed by atoms with E-state index in [1.807, 2.05) is 19.1 Å². The lowest BCUT2D eigenvalue weighted by Gasteiger charge is -2.17. The molecule has 3 heteroatoms. The number of aliphatic hydroxyl groups excluding tert-OH is 1. The van der Waals surface area contributed by atoms with Crippen molar-refractivity contribution < 1.29 is 14.6 Å². The first-order chi connectivity index (χ1) is 9.56. The van der Waals surface area contributed by atoms with Crippen LogP contribution in [-0.2, 0) is 0 Å². The molecular formula is C17H24O3. The summed E-state index contributed by atoms with van der Waals surface area (Å²) in [5.41, 5.74) is 1.64. The Labute approximate surface area is 121 Å². The van der Waals surface area contributed by atoms with Crippen molar-refractivity contribution in [2.75, 3.05) is 6.61 Å². The molecule has 1 aliphatic carbocycles. The predicted molar refractivity (Wildman–Crippen MR) is 79.3 cm³/mol. The van der Waals surface area contributed by atoms with Crippen LogP contribution in [0.2, 0.25) is 0 Å². The molecule has 3 nitrogen and oxygen atoms in total. The molecule has 1 saturated carbocycles. The fraction of sp³-hybridized carbons (Fsp3) is 0.588. The summed E-state index contributed by atoms with van der Waals surface area (Å²) in [5.74, 6) is 1.21. The van der Waals surface area contributed by atoms with Gasteiger partial charge in [0.25, 0.3) is 0 Å². The molecule has 1 aliphatic rings. The number of hydrogen-bond donors (Lipinski definition) is 1. The number of hydrogen-bond acceptors (Lipinski definition) is 3. The molecule has 0 aliphatic heterocycles. The molecule has 2 rings (SSSR count). The van der Waals surface area contributed by atoms with E-state index in [-0.39, 0.29) is 12.4 Å². The lowest BCUT2D eigenvalue weighted by molar-refractivity contribution is 0.0837. The van der Waals surface area contributed by atoms with Gasteiger partial charge in [-0.2, -0.15) is 0 Å². The minimum atomic E-state index is -0.446. The molecule has 0 aromatic heterocycles. The third-order valence-corrected chi connectivity index (χ3v) is 4.03. The average molecular weight is 276 g/mol. The van der Waals surface area contributed by atoms with Crippen LogP contribution in [0.3, 0.4) is 0 Å². The van der Waals surface area contributed by atoms with Crippen LogP contribution < -0.4 is 4.74 Å². The first kappa shape index (κ1) is 15.0. The topological polar surface area (TPSA) is 46.5 Å². The number of carbonyl (C=O) groups excluding carboxylic acids is 1. The molecule has 1 unspecified atom stereocenters. The van der Waals surface area contributed by atoms with E-state index in [4.69, 9.17) is 4.74 Å². The van der Waals surface area contributed by atoms with Gasteiger partial charge in [0, 0.05) is 0 Å². The number of benzene rings is 1. The third-order valence-electron chi connectivity index (χ3n) is 4.03. The largest absolute Gasteiger partial charge is 0.490 e. The molecule has 0 bridgehead atoms. The van der Waals surface area contributed by atoms with Crippen LogP contribution in [-0.4, -0.2) is 23.6 Å². The highest BCUT2D eigenvalue weighted by atomic mass is 16.5. The van der Waals surface area contributed by atoms with E-state index in [1.54, 1.807) is 6.07 Å². The van der Waals surface area contributed by atoms with Crippen LogP contribution in [0.4, 0.5) is 0 Å². The van der Waals surface area contributed by atoms with Crippen molar-refractivity contribution in [3.8, 4) is 5.75 Å². The van der Waals surface area contributed by atoms with Gasteiger partial charge in [0.05, 0.1) is 11.7 Å². The standard InChI is InChI=1S/C17H24O3/c1-12-7-8-16(13(2)18)17(9-12)20-11-15(19)10-14-5-3-4-6-14/h7-9,14-15,19H,3-6,10-11H2,1-2H3. The van der Waals surface area contributed by atoms with Gasteiger partial charge < -0.3 is 9.84 Å². The first-order valence-electron chi connectivity index (χ1n) is 7.48. The molecule has 1 N–H and O–H groups in total. The van der Waals surface area contributed by atoms with Crippen molar-refractivity contribution in [1.82, 2.24) is 0 Å². The summed E-state index contributed by atoms with van der Waals surface area (Å²) in [6.45, 7) is 3.76. The zero-order valence-corrected chi connectivity index (χ0v) is 12.4. The van der Waals surface area contributed by atoms with Gasteiger partial charge in [-0.05, 0) is 43.9 Å². The number of rotatable bonds is 6. The predicted octanol–water partition coefficient (Wildman–Crippen LogP) is 3.52. The first-order valence-corrected chi connectivity index (χ1v) is 7.48. The van der Waals surface area contributed by atoms with E-state index in [1.165, 1.54) is 32.6 Å². The zero-order chi connectivity index (χ0) is 14.5. The fourth-order valence-electron chi connectivity index (χ4n) is 2.92. The summed E-state index contributed by atoms with van der Waals surface area (Å²) >= 11 is 0. The van der Waals surface area contributed by atoms with Gasteiger partial charge in [-0.1, -0.05) is 31.7 Å². The van der Waals surface area contributed by atoms with Crippen LogP contribution in [0.5, 0.6) is 5.75 Å². The lowest BCUT2D eigenvalue weighted by atomic mass is 10.0. The monoisotopic (exact) mass is 276 g/mol. The second-order valence-corrected chi connectivity index (χ2v) is 5.91. The minimum absolute atomic E-state index is 0.00900. The Balaban J connectivity index is 1.92. The number of aryl methyl sites for hydroxylation is 1. The molecule has 20 heavy (non-hydrogen) atoms.